The highest BCUT2D eigenvalue weighted by Crippen LogP contribution is 2.19. The average Bonchev–Trinajstić information content (AvgIpc) is 2.16. The summed E-state index contributed by atoms with van der Waals surface area (Å²) in [5, 5.41) is 0. The van der Waals surface area contributed by atoms with Gasteiger partial charge in [-0.15, -0.1) is 0 Å². The van der Waals surface area contributed by atoms with Crippen molar-refractivity contribution in [1.29, 1.82) is 0 Å². The molecule has 0 aliphatic rings. The topological polar surface area (TPSA) is 12.9 Å². The lowest BCUT2D eigenvalue weighted by molar-refractivity contribution is 0.579. The molecule has 4 heteroatoms. The fraction of sp³-hybridized carbons (Fsp3) is 0. The Morgan fingerprint density at radius 1 is 0.867 bits per heavy atom. The summed E-state index contributed by atoms with van der Waals surface area (Å²) in [5.74, 6) is -2.11. The summed E-state index contributed by atoms with van der Waals surface area (Å²) < 4.78 is 38.5. The summed E-state index contributed by atoms with van der Waals surface area (Å²) in [5.41, 5.74) is 0.417. The molecule has 1 aromatic carbocycles. The molecular weight excluding hydrogens is 203 g/mol. The second-order valence-electron chi connectivity index (χ2n) is 3.00. The zero-order valence-corrected chi connectivity index (χ0v) is 7.55. The van der Waals surface area contributed by atoms with Gasteiger partial charge in [0, 0.05) is 11.6 Å². The number of pyridine rings is 1. The maximum absolute atomic E-state index is 12.9. The highest BCUT2D eigenvalue weighted by Gasteiger charge is 2.04. The van der Waals surface area contributed by atoms with E-state index in [2.05, 4.69) is 4.98 Å². The van der Waals surface area contributed by atoms with Crippen LogP contribution in [0, 0.1) is 17.6 Å². The summed E-state index contributed by atoms with van der Waals surface area (Å²) in [4.78, 5) is 3.53. The summed E-state index contributed by atoms with van der Waals surface area (Å²) in [7, 11) is 0. The molecule has 0 saturated carbocycles. The van der Waals surface area contributed by atoms with Gasteiger partial charge in [-0.1, -0.05) is 6.07 Å². The number of halogens is 3. The van der Waals surface area contributed by atoms with Gasteiger partial charge in [-0.05, 0) is 24.3 Å². The Kier molecular flexibility index (Phi) is 2.41. The van der Waals surface area contributed by atoms with Crippen LogP contribution >= 0.6 is 0 Å². The number of nitrogens with zero attached hydrogens (tertiary/aromatic N) is 1. The largest absolute Gasteiger partial charge is 0.220 e. The third-order valence-corrected chi connectivity index (χ3v) is 1.87. The van der Waals surface area contributed by atoms with Crippen molar-refractivity contribution in [1.82, 2.24) is 4.98 Å². The molecule has 0 aliphatic carbocycles. The molecule has 15 heavy (non-hydrogen) atoms. The molecule has 76 valence electrons. The number of hydrogen-bond acceptors (Lipinski definition) is 1. The molecule has 0 saturated heterocycles. The van der Waals surface area contributed by atoms with Gasteiger partial charge in [-0.25, -0.2) is 13.8 Å². The zero-order chi connectivity index (χ0) is 10.8. The normalized spacial score (nSPS) is 10.3. The molecule has 0 spiro atoms. The van der Waals surface area contributed by atoms with E-state index in [1.165, 1.54) is 18.2 Å². The van der Waals surface area contributed by atoms with Crippen molar-refractivity contribution in [3.63, 3.8) is 0 Å². The van der Waals surface area contributed by atoms with Gasteiger partial charge in [0.15, 0.2) is 0 Å². The summed E-state index contributed by atoms with van der Waals surface area (Å²) in [6, 6.07) is 7.04. The first-order valence-corrected chi connectivity index (χ1v) is 4.24. The highest BCUT2D eigenvalue weighted by molar-refractivity contribution is 5.58. The van der Waals surface area contributed by atoms with Crippen LogP contribution in [-0.2, 0) is 0 Å². The molecule has 1 nitrogen and oxygen atoms in total. The lowest BCUT2D eigenvalue weighted by Gasteiger charge is -2.01. The molecule has 0 unspecified atom stereocenters. The van der Waals surface area contributed by atoms with E-state index in [4.69, 9.17) is 0 Å². The van der Waals surface area contributed by atoms with Crippen molar-refractivity contribution >= 4 is 0 Å². The van der Waals surface area contributed by atoms with Crippen LogP contribution in [0.25, 0.3) is 11.3 Å². The van der Waals surface area contributed by atoms with Gasteiger partial charge in [-0.2, -0.15) is 4.39 Å². The van der Waals surface area contributed by atoms with Crippen molar-refractivity contribution in [2.24, 2.45) is 0 Å². The Balaban J connectivity index is 2.54. The number of aromatic nitrogens is 1. The lowest BCUT2D eigenvalue weighted by atomic mass is 10.1. The summed E-state index contributed by atoms with van der Waals surface area (Å²) >= 11 is 0. The molecular formula is C11H6F3N. The molecule has 0 amide bonds. The molecule has 0 N–H and O–H groups in total. The Morgan fingerprint density at radius 2 is 1.53 bits per heavy atom. The van der Waals surface area contributed by atoms with Crippen LogP contribution in [0.1, 0.15) is 0 Å². The minimum atomic E-state index is -0.712. The first kappa shape index (κ1) is 9.71. The van der Waals surface area contributed by atoms with E-state index in [0.29, 0.717) is 0 Å². The van der Waals surface area contributed by atoms with Crippen molar-refractivity contribution in [3.05, 3.63) is 54.0 Å². The molecule has 1 aromatic heterocycles. The van der Waals surface area contributed by atoms with Crippen LogP contribution < -0.4 is 0 Å². The Bertz CT molecular complexity index is 477. The molecule has 2 rings (SSSR count). The summed E-state index contributed by atoms with van der Waals surface area (Å²) in [6.07, 6.45) is 0. The third-order valence-electron chi connectivity index (χ3n) is 1.87. The fourth-order valence-corrected chi connectivity index (χ4v) is 1.27. The Morgan fingerprint density at radius 3 is 2.13 bits per heavy atom. The predicted molar refractivity (Wildman–Crippen MR) is 49.5 cm³/mol. The van der Waals surface area contributed by atoms with Gasteiger partial charge < -0.3 is 0 Å². The lowest BCUT2D eigenvalue weighted by Crippen LogP contribution is -1.89. The molecule has 0 fully saturated rings. The number of rotatable bonds is 1. The van der Waals surface area contributed by atoms with Crippen molar-refractivity contribution in [3.8, 4) is 11.3 Å². The molecule has 1 heterocycles. The monoisotopic (exact) mass is 209 g/mol. The van der Waals surface area contributed by atoms with Crippen LogP contribution in [-0.4, -0.2) is 4.98 Å². The van der Waals surface area contributed by atoms with Crippen LogP contribution in [0.3, 0.4) is 0 Å². The van der Waals surface area contributed by atoms with Crippen LogP contribution in [0.4, 0.5) is 13.2 Å². The zero-order valence-electron chi connectivity index (χ0n) is 7.55. The second-order valence-corrected chi connectivity index (χ2v) is 3.00. The van der Waals surface area contributed by atoms with E-state index in [-0.39, 0.29) is 11.3 Å². The van der Waals surface area contributed by atoms with E-state index in [1.807, 2.05) is 0 Å². The second kappa shape index (κ2) is 3.73. The van der Waals surface area contributed by atoms with Crippen LogP contribution in [0.2, 0.25) is 0 Å². The van der Waals surface area contributed by atoms with Gasteiger partial charge >= 0.3 is 0 Å². The molecule has 0 atom stereocenters. The van der Waals surface area contributed by atoms with E-state index in [9.17, 15) is 13.2 Å². The highest BCUT2D eigenvalue weighted by atomic mass is 19.1. The average molecular weight is 209 g/mol. The SMILES string of the molecule is Fc1cc(F)cc(-c2cccc(F)n2)c1. The van der Waals surface area contributed by atoms with Crippen LogP contribution in [0.15, 0.2) is 36.4 Å². The van der Waals surface area contributed by atoms with Gasteiger partial charge in [0.2, 0.25) is 5.95 Å². The van der Waals surface area contributed by atoms with Crippen LogP contribution in [0.5, 0.6) is 0 Å². The Hall–Kier alpha value is -1.84. The smallest absolute Gasteiger partial charge is 0.213 e. The predicted octanol–water partition coefficient (Wildman–Crippen LogP) is 3.17. The summed E-state index contributed by atoms with van der Waals surface area (Å²) in [6.45, 7) is 0. The Labute approximate surface area is 84.2 Å². The first-order chi connectivity index (χ1) is 7.15. The van der Waals surface area contributed by atoms with Crippen molar-refractivity contribution < 1.29 is 13.2 Å². The van der Waals surface area contributed by atoms with Crippen molar-refractivity contribution in [2.75, 3.05) is 0 Å². The van der Waals surface area contributed by atoms with Gasteiger partial charge in [0.25, 0.3) is 0 Å². The quantitative estimate of drug-likeness (QED) is 0.657. The van der Waals surface area contributed by atoms with Gasteiger partial charge in [0.1, 0.15) is 11.6 Å². The van der Waals surface area contributed by atoms with E-state index < -0.39 is 17.6 Å². The maximum Gasteiger partial charge on any atom is 0.213 e. The molecule has 0 aliphatic heterocycles. The van der Waals surface area contributed by atoms with E-state index in [1.54, 1.807) is 0 Å². The fourth-order valence-electron chi connectivity index (χ4n) is 1.27. The number of benzene rings is 1. The number of hydrogen-bond donors (Lipinski definition) is 0. The first-order valence-electron chi connectivity index (χ1n) is 4.24. The minimum absolute atomic E-state index is 0.202. The van der Waals surface area contributed by atoms with E-state index in [0.717, 1.165) is 18.2 Å². The van der Waals surface area contributed by atoms with E-state index >= 15 is 0 Å². The third kappa shape index (κ3) is 2.15. The maximum atomic E-state index is 12.9. The molecule has 0 radical (unpaired) electrons. The van der Waals surface area contributed by atoms with Gasteiger partial charge in [0.05, 0.1) is 5.69 Å². The molecule has 0 bridgehead atoms. The molecule has 2 aromatic rings. The minimum Gasteiger partial charge on any atom is -0.220 e. The van der Waals surface area contributed by atoms with Crippen molar-refractivity contribution in [2.45, 2.75) is 0 Å². The van der Waals surface area contributed by atoms with Gasteiger partial charge in [-0.3, -0.25) is 0 Å². The standard InChI is InChI=1S/C11H6F3N/c12-8-4-7(5-9(13)6-8)10-2-1-3-11(14)15-10/h1-6H.